The van der Waals surface area contributed by atoms with Crippen LogP contribution in [0, 0.1) is 0 Å². The molecule has 0 radical (unpaired) electrons. The lowest BCUT2D eigenvalue weighted by molar-refractivity contribution is 0.0746. The molecule has 8 nitrogen and oxygen atoms in total. The zero-order valence-electron chi connectivity index (χ0n) is 13.2. The van der Waals surface area contributed by atoms with Crippen LogP contribution in [0.5, 0.6) is 11.5 Å². The van der Waals surface area contributed by atoms with Gasteiger partial charge in [0.1, 0.15) is 5.02 Å². The van der Waals surface area contributed by atoms with Gasteiger partial charge in [0.15, 0.2) is 11.5 Å². The molecule has 3 heterocycles. The molecular weight excluding hydrogens is 348 g/mol. The third kappa shape index (κ3) is 2.89. The third-order valence-electron chi connectivity index (χ3n) is 4.30. The van der Waals surface area contributed by atoms with Crippen molar-refractivity contribution in [1.29, 1.82) is 0 Å². The van der Waals surface area contributed by atoms with Gasteiger partial charge in [-0.1, -0.05) is 11.6 Å². The van der Waals surface area contributed by atoms with Crippen LogP contribution < -0.4 is 19.9 Å². The van der Waals surface area contributed by atoms with Crippen molar-refractivity contribution in [3.63, 3.8) is 0 Å². The zero-order chi connectivity index (χ0) is 17.4. The van der Waals surface area contributed by atoms with Gasteiger partial charge in [-0.25, -0.2) is 5.10 Å². The average Bonchev–Trinajstić information content (AvgIpc) is 3.11. The fourth-order valence-corrected chi connectivity index (χ4v) is 3.17. The van der Waals surface area contributed by atoms with Crippen LogP contribution in [0.3, 0.4) is 0 Å². The number of fused-ring (bicyclic) bond motifs is 1. The van der Waals surface area contributed by atoms with Gasteiger partial charge in [0, 0.05) is 31.7 Å². The molecule has 2 aromatic rings. The molecule has 1 fully saturated rings. The van der Waals surface area contributed by atoms with Gasteiger partial charge < -0.3 is 19.3 Å². The standard InChI is InChI=1S/C16H15ClN4O4/c17-14-11(8-18-19-15(14)22)20-3-5-21(6-4-20)16(23)10-1-2-12-13(7-10)25-9-24-12/h1-2,7-8H,3-6,9H2,(H,19,22). The van der Waals surface area contributed by atoms with Crippen LogP contribution in [0.4, 0.5) is 5.69 Å². The summed E-state index contributed by atoms with van der Waals surface area (Å²) in [4.78, 5) is 28.0. The molecule has 25 heavy (non-hydrogen) atoms. The van der Waals surface area contributed by atoms with E-state index in [9.17, 15) is 9.59 Å². The Bertz CT molecular complexity index is 877. The van der Waals surface area contributed by atoms with Crippen molar-refractivity contribution in [3.05, 3.63) is 45.3 Å². The second-order valence-corrected chi connectivity index (χ2v) is 6.12. The van der Waals surface area contributed by atoms with Crippen molar-refractivity contribution in [3.8, 4) is 11.5 Å². The van der Waals surface area contributed by atoms with Gasteiger partial charge in [-0.05, 0) is 18.2 Å². The highest BCUT2D eigenvalue weighted by molar-refractivity contribution is 6.33. The Balaban J connectivity index is 1.46. The van der Waals surface area contributed by atoms with Gasteiger partial charge in [-0.15, -0.1) is 0 Å². The molecule has 0 unspecified atom stereocenters. The summed E-state index contributed by atoms with van der Waals surface area (Å²) in [6, 6.07) is 5.18. The van der Waals surface area contributed by atoms with Crippen molar-refractivity contribution >= 4 is 23.2 Å². The van der Waals surface area contributed by atoms with Crippen LogP contribution in [0.2, 0.25) is 5.02 Å². The molecule has 2 aliphatic heterocycles. The SMILES string of the molecule is O=C(c1ccc2c(c1)OCO2)N1CCN(c2cn[nH]c(=O)c2Cl)CC1. The lowest BCUT2D eigenvalue weighted by atomic mass is 10.1. The number of H-pyrrole nitrogens is 1. The summed E-state index contributed by atoms with van der Waals surface area (Å²) >= 11 is 6.04. The number of aromatic nitrogens is 2. The van der Waals surface area contributed by atoms with Crippen molar-refractivity contribution in [2.45, 2.75) is 0 Å². The Labute approximate surface area is 147 Å². The maximum absolute atomic E-state index is 12.7. The van der Waals surface area contributed by atoms with Crippen molar-refractivity contribution in [2.75, 3.05) is 37.9 Å². The summed E-state index contributed by atoms with van der Waals surface area (Å²) in [6.45, 7) is 2.37. The summed E-state index contributed by atoms with van der Waals surface area (Å²) in [6.07, 6.45) is 1.53. The second-order valence-electron chi connectivity index (χ2n) is 5.75. The molecule has 1 aromatic carbocycles. The number of benzene rings is 1. The fraction of sp³-hybridized carbons (Fsp3) is 0.312. The number of nitrogens with zero attached hydrogens (tertiary/aromatic N) is 3. The Hall–Kier alpha value is -2.74. The quantitative estimate of drug-likeness (QED) is 0.861. The van der Waals surface area contributed by atoms with E-state index in [1.165, 1.54) is 6.20 Å². The number of aromatic amines is 1. The number of nitrogens with one attached hydrogen (secondary N) is 1. The number of carbonyl (C=O) groups excluding carboxylic acids is 1. The number of hydrogen-bond donors (Lipinski definition) is 1. The lowest BCUT2D eigenvalue weighted by Gasteiger charge is -2.36. The molecule has 0 atom stereocenters. The van der Waals surface area contributed by atoms with Gasteiger partial charge in [-0.2, -0.15) is 5.10 Å². The maximum Gasteiger partial charge on any atom is 0.285 e. The van der Waals surface area contributed by atoms with E-state index in [-0.39, 0.29) is 17.7 Å². The molecule has 4 rings (SSSR count). The summed E-state index contributed by atoms with van der Waals surface area (Å²) in [7, 11) is 0. The average molecular weight is 363 g/mol. The number of rotatable bonds is 2. The van der Waals surface area contributed by atoms with Crippen LogP contribution in [0.15, 0.2) is 29.2 Å². The van der Waals surface area contributed by atoms with Crippen LogP contribution >= 0.6 is 11.6 Å². The Morgan fingerprint density at radius 1 is 1.16 bits per heavy atom. The van der Waals surface area contributed by atoms with E-state index in [0.717, 1.165) is 0 Å². The highest BCUT2D eigenvalue weighted by Crippen LogP contribution is 2.33. The highest BCUT2D eigenvalue weighted by atomic mass is 35.5. The molecule has 1 aromatic heterocycles. The smallest absolute Gasteiger partial charge is 0.285 e. The van der Waals surface area contributed by atoms with Crippen molar-refractivity contribution < 1.29 is 14.3 Å². The molecule has 0 spiro atoms. The number of halogens is 1. The number of hydrogen-bond acceptors (Lipinski definition) is 6. The normalized spacial score (nSPS) is 16.2. The lowest BCUT2D eigenvalue weighted by Crippen LogP contribution is -2.49. The minimum Gasteiger partial charge on any atom is -0.454 e. The van der Waals surface area contributed by atoms with Crippen LogP contribution in [0.1, 0.15) is 10.4 Å². The first kappa shape index (κ1) is 15.8. The number of amides is 1. The van der Waals surface area contributed by atoms with Gasteiger partial charge in [-0.3, -0.25) is 9.59 Å². The van der Waals surface area contributed by atoms with E-state index in [2.05, 4.69) is 10.2 Å². The highest BCUT2D eigenvalue weighted by Gasteiger charge is 2.25. The Morgan fingerprint density at radius 2 is 1.92 bits per heavy atom. The van der Waals surface area contributed by atoms with Gasteiger partial charge in [0.25, 0.3) is 11.5 Å². The predicted octanol–water partition coefficient (Wildman–Crippen LogP) is 1.11. The Morgan fingerprint density at radius 3 is 2.72 bits per heavy atom. The second kappa shape index (κ2) is 6.29. The van der Waals surface area contributed by atoms with Crippen molar-refractivity contribution in [1.82, 2.24) is 15.1 Å². The minimum atomic E-state index is -0.418. The van der Waals surface area contributed by atoms with E-state index >= 15 is 0 Å². The third-order valence-corrected chi connectivity index (χ3v) is 4.67. The summed E-state index contributed by atoms with van der Waals surface area (Å²) in [5.74, 6) is 1.18. The Kier molecular flexibility index (Phi) is 3.96. The topological polar surface area (TPSA) is 87.8 Å². The molecular formula is C16H15ClN4O4. The monoisotopic (exact) mass is 362 g/mol. The first-order valence-electron chi connectivity index (χ1n) is 7.80. The molecule has 1 N–H and O–H groups in total. The number of ether oxygens (including phenoxy) is 2. The van der Waals surface area contributed by atoms with E-state index < -0.39 is 5.56 Å². The molecule has 1 amide bonds. The van der Waals surface area contributed by atoms with Gasteiger partial charge in [0.2, 0.25) is 6.79 Å². The molecule has 0 saturated carbocycles. The van der Waals surface area contributed by atoms with E-state index in [1.54, 1.807) is 23.1 Å². The molecule has 0 aliphatic carbocycles. The van der Waals surface area contributed by atoms with E-state index in [1.807, 2.05) is 4.90 Å². The molecule has 0 bridgehead atoms. The largest absolute Gasteiger partial charge is 0.454 e. The van der Waals surface area contributed by atoms with Crippen molar-refractivity contribution in [2.24, 2.45) is 0 Å². The minimum absolute atomic E-state index is 0.0620. The van der Waals surface area contributed by atoms with E-state index in [0.29, 0.717) is 48.9 Å². The molecule has 2 aliphatic rings. The first-order chi connectivity index (χ1) is 12.1. The van der Waals surface area contributed by atoms with Crippen LogP contribution in [-0.2, 0) is 0 Å². The number of piperazine rings is 1. The van der Waals surface area contributed by atoms with E-state index in [4.69, 9.17) is 21.1 Å². The zero-order valence-corrected chi connectivity index (χ0v) is 14.0. The molecule has 9 heteroatoms. The summed E-state index contributed by atoms with van der Waals surface area (Å²) < 4.78 is 10.6. The first-order valence-corrected chi connectivity index (χ1v) is 8.18. The summed E-state index contributed by atoms with van der Waals surface area (Å²) in [5, 5.41) is 6.20. The van der Waals surface area contributed by atoms with Gasteiger partial charge >= 0.3 is 0 Å². The predicted molar refractivity (Wildman–Crippen MR) is 90.5 cm³/mol. The molecule has 1 saturated heterocycles. The molecule has 130 valence electrons. The fourth-order valence-electron chi connectivity index (χ4n) is 2.96. The van der Waals surface area contributed by atoms with Crippen LogP contribution in [0.25, 0.3) is 0 Å². The van der Waals surface area contributed by atoms with Crippen LogP contribution in [-0.4, -0.2) is 54.0 Å². The summed E-state index contributed by atoms with van der Waals surface area (Å²) in [5.41, 5.74) is 0.729. The van der Waals surface area contributed by atoms with Gasteiger partial charge in [0.05, 0.1) is 11.9 Å². The maximum atomic E-state index is 12.7. The number of carbonyl (C=O) groups is 1. The number of anilines is 1.